The van der Waals surface area contributed by atoms with Crippen LogP contribution in [0.15, 0.2) is 29.2 Å². The monoisotopic (exact) mass is 700 g/mol. The van der Waals surface area contributed by atoms with Crippen LogP contribution in [-0.4, -0.2) is 42.2 Å². The predicted molar refractivity (Wildman–Crippen MR) is 198 cm³/mol. The summed E-state index contributed by atoms with van der Waals surface area (Å²) in [6.07, 6.45) is 13.9. The van der Waals surface area contributed by atoms with Crippen LogP contribution in [0.1, 0.15) is 125 Å². The standard InChI is InChI=1S/C41H68O5SSi/c1-10-48(11-2,12-3)46-38(5,6)23-13-14-30(28-45-47(42,43)32-17-15-29(4)16-18-32)34-19-20-35-33-26-37(44-9)41-27-31(41)21-25-40(41,8)36(33)22-24-39(34,35)7/h15-18,30-31,33-37H,10-14,19-28H2,1-9H3/t30-,31+,33-,34+,35-,36-,37+,39+,40+,41-/m0/s1. The van der Waals surface area contributed by atoms with E-state index in [2.05, 4.69) is 48.5 Å². The molecule has 0 N–H and O–H groups in total. The fraction of sp³-hybridized carbons (Fsp3) is 0.854. The molecule has 0 heterocycles. The average Bonchev–Trinajstić information content (AvgIpc) is 3.57. The molecule has 5 aliphatic rings. The highest BCUT2D eigenvalue weighted by molar-refractivity contribution is 7.86. The van der Waals surface area contributed by atoms with Gasteiger partial charge in [0.2, 0.25) is 0 Å². The second kappa shape index (κ2) is 13.4. The molecule has 6 rings (SSSR count). The Balaban J connectivity index is 1.21. The molecule has 0 radical (unpaired) electrons. The number of ether oxygens (including phenoxy) is 1. The molecule has 5 nitrogen and oxygen atoms in total. The van der Waals surface area contributed by atoms with E-state index >= 15 is 0 Å². The number of aryl methyl sites for hydroxylation is 1. The smallest absolute Gasteiger partial charge is 0.296 e. The number of rotatable bonds is 15. The Hall–Kier alpha value is -0.733. The van der Waals surface area contributed by atoms with Gasteiger partial charge in [-0.1, -0.05) is 58.7 Å². The van der Waals surface area contributed by atoms with Gasteiger partial charge >= 0.3 is 0 Å². The van der Waals surface area contributed by atoms with E-state index in [-0.39, 0.29) is 28.4 Å². The summed E-state index contributed by atoms with van der Waals surface area (Å²) in [4.78, 5) is 0.266. The summed E-state index contributed by atoms with van der Waals surface area (Å²) in [5.41, 5.74) is 1.96. The molecule has 0 bridgehead atoms. The van der Waals surface area contributed by atoms with Crippen molar-refractivity contribution in [2.24, 2.45) is 51.8 Å². The lowest BCUT2D eigenvalue weighted by Gasteiger charge is -2.61. The van der Waals surface area contributed by atoms with Gasteiger partial charge in [0.1, 0.15) is 0 Å². The zero-order valence-electron chi connectivity index (χ0n) is 31.9. The van der Waals surface area contributed by atoms with Crippen LogP contribution in [0.4, 0.5) is 0 Å². The van der Waals surface area contributed by atoms with Crippen molar-refractivity contribution < 1.29 is 21.8 Å². The van der Waals surface area contributed by atoms with Gasteiger partial charge in [0.25, 0.3) is 10.1 Å². The molecule has 5 fully saturated rings. The third kappa shape index (κ3) is 6.13. The van der Waals surface area contributed by atoms with Crippen LogP contribution in [-0.2, 0) is 23.5 Å². The summed E-state index contributed by atoms with van der Waals surface area (Å²) in [7, 11) is -3.57. The van der Waals surface area contributed by atoms with Crippen molar-refractivity contribution in [1.82, 2.24) is 0 Å². The normalized spacial score (nSPS) is 38.2. The van der Waals surface area contributed by atoms with Crippen molar-refractivity contribution in [2.75, 3.05) is 13.7 Å². The SMILES string of the molecule is CC[Si](CC)(CC)OC(C)(C)CCC[C@@H](COS(=O)(=O)c1ccc(C)cc1)[C@H]1CC[C@H]2[C@@H]3C[C@@H](OC)[C@]45C[C@H]4CC[C@]5(C)[C@H]3CC[C@]12C. The highest BCUT2D eigenvalue weighted by Gasteiger charge is 2.77. The van der Waals surface area contributed by atoms with Crippen molar-refractivity contribution in [3.05, 3.63) is 29.8 Å². The molecule has 0 saturated heterocycles. The Kier molecular flexibility index (Phi) is 10.3. The van der Waals surface area contributed by atoms with Gasteiger partial charge in [-0.05, 0) is 162 Å². The van der Waals surface area contributed by atoms with Crippen LogP contribution in [0.3, 0.4) is 0 Å². The van der Waals surface area contributed by atoms with Crippen molar-refractivity contribution in [3.8, 4) is 0 Å². The summed E-state index contributed by atoms with van der Waals surface area (Å²) in [5.74, 6) is 3.78. The zero-order valence-corrected chi connectivity index (χ0v) is 33.7. The van der Waals surface area contributed by atoms with Crippen molar-refractivity contribution >= 4 is 18.4 Å². The lowest BCUT2D eigenvalue weighted by molar-refractivity contribution is -0.161. The molecule has 5 saturated carbocycles. The van der Waals surface area contributed by atoms with Gasteiger partial charge in [-0.3, -0.25) is 4.18 Å². The van der Waals surface area contributed by atoms with Crippen molar-refractivity contribution in [2.45, 2.75) is 161 Å². The summed E-state index contributed by atoms with van der Waals surface area (Å²) >= 11 is 0. The molecule has 1 aromatic rings. The van der Waals surface area contributed by atoms with Gasteiger partial charge < -0.3 is 9.16 Å². The third-order valence-corrected chi connectivity index (χ3v) is 22.1. The largest absolute Gasteiger partial charge is 0.412 e. The number of hydrogen-bond donors (Lipinski definition) is 0. The Bertz CT molecular complexity index is 1380. The Morgan fingerprint density at radius 3 is 2.27 bits per heavy atom. The summed E-state index contributed by atoms with van der Waals surface area (Å²) < 4.78 is 46.4. The molecule has 0 amide bonds. The molecule has 1 spiro atoms. The van der Waals surface area contributed by atoms with Gasteiger partial charge in [-0.15, -0.1) is 0 Å². The predicted octanol–water partition coefficient (Wildman–Crippen LogP) is 10.6. The third-order valence-electron chi connectivity index (χ3n) is 16.0. The van der Waals surface area contributed by atoms with Crippen LogP contribution >= 0.6 is 0 Å². The second-order valence-electron chi connectivity index (χ2n) is 18.3. The van der Waals surface area contributed by atoms with Gasteiger partial charge in [-0.2, -0.15) is 8.42 Å². The number of benzene rings is 1. The fourth-order valence-electron chi connectivity index (χ4n) is 13.1. The van der Waals surface area contributed by atoms with Crippen molar-refractivity contribution in [3.63, 3.8) is 0 Å². The van der Waals surface area contributed by atoms with Crippen LogP contribution in [0.2, 0.25) is 18.1 Å². The van der Waals surface area contributed by atoms with Gasteiger partial charge in [0.05, 0.1) is 23.2 Å². The molecule has 7 heteroatoms. The minimum Gasteiger partial charge on any atom is -0.412 e. The molecule has 272 valence electrons. The minimum absolute atomic E-state index is 0.168. The van der Waals surface area contributed by atoms with E-state index < -0.39 is 18.4 Å². The van der Waals surface area contributed by atoms with E-state index in [0.717, 1.165) is 54.8 Å². The fourth-order valence-corrected chi connectivity index (χ4v) is 17.3. The van der Waals surface area contributed by atoms with Crippen molar-refractivity contribution in [1.29, 1.82) is 0 Å². The highest BCUT2D eigenvalue weighted by Crippen LogP contribution is 2.82. The van der Waals surface area contributed by atoms with Gasteiger partial charge in [0, 0.05) is 12.5 Å². The Labute approximate surface area is 295 Å². The lowest BCUT2D eigenvalue weighted by Crippen LogP contribution is -2.57. The van der Waals surface area contributed by atoms with E-state index in [0.29, 0.717) is 34.7 Å². The molecule has 0 unspecified atom stereocenters. The minimum atomic E-state index is -3.82. The average molecular weight is 701 g/mol. The maximum Gasteiger partial charge on any atom is 0.296 e. The first kappa shape index (κ1) is 37.0. The van der Waals surface area contributed by atoms with Crippen LogP contribution in [0.5, 0.6) is 0 Å². The Morgan fingerprint density at radius 1 is 0.958 bits per heavy atom. The molecular formula is C41H68O5SSi. The van der Waals surface area contributed by atoms with Gasteiger partial charge in [0.15, 0.2) is 8.32 Å². The first-order valence-electron chi connectivity index (χ1n) is 19.8. The number of methoxy groups -OCH3 is 1. The molecule has 0 aliphatic heterocycles. The topological polar surface area (TPSA) is 61.8 Å². The maximum absolute atomic E-state index is 13.5. The van der Waals surface area contributed by atoms with E-state index in [4.69, 9.17) is 13.3 Å². The summed E-state index contributed by atoms with van der Waals surface area (Å²) in [6.45, 7) is 19.0. The molecule has 48 heavy (non-hydrogen) atoms. The van der Waals surface area contributed by atoms with Crippen LogP contribution in [0.25, 0.3) is 0 Å². The van der Waals surface area contributed by atoms with E-state index in [1.54, 1.807) is 12.1 Å². The molecule has 5 aliphatic carbocycles. The zero-order chi connectivity index (χ0) is 34.8. The lowest BCUT2D eigenvalue weighted by atomic mass is 9.45. The van der Waals surface area contributed by atoms with E-state index in [1.165, 1.54) is 51.4 Å². The van der Waals surface area contributed by atoms with E-state index in [1.807, 2.05) is 26.2 Å². The quantitative estimate of drug-likeness (QED) is 0.135. The Morgan fingerprint density at radius 2 is 1.65 bits per heavy atom. The number of fused-ring (bicyclic) bond motifs is 4. The maximum atomic E-state index is 13.5. The highest BCUT2D eigenvalue weighted by atomic mass is 32.2. The first-order chi connectivity index (χ1) is 22.6. The van der Waals surface area contributed by atoms with Crippen LogP contribution in [0, 0.1) is 58.7 Å². The molecule has 1 aromatic carbocycles. The number of hydrogen-bond acceptors (Lipinski definition) is 5. The summed E-state index contributed by atoms with van der Waals surface area (Å²) in [6, 6.07) is 10.6. The second-order valence-corrected chi connectivity index (χ2v) is 24.6. The first-order valence-corrected chi connectivity index (χ1v) is 23.8. The molecule has 0 aromatic heterocycles. The van der Waals surface area contributed by atoms with E-state index in [9.17, 15) is 8.42 Å². The molecule has 10 atom stereocenters. The van der Waals surface area contributed by atoms with Gasteiger partial charge in [-0.25, -0.2) is 0 Å². The van der Waals surface area contributed by atoms with Crippen LogP contribution < -0.4 is 0 Å². The summed E-state index contributed by atoms with van der Waals surface area (Å²) in [5, 5.41) is 0. The molecular weight excluding hydrogens is 633 g/mol.